The highest BCUT2D eigenvalue weighted by Crippen LogP contribution is 2.27. The predicted molar refractivity (Wildman–Crippen MR) is 74.5 cm³/mol. The molecule has 0 amide bonds. The summed E-state index contributed by atoms with van der Waals surface area (Å²) in [6, 6.07) is 4.23. The molecule has 8 heteroatoms. The van der Waals surface area contributed by atoms with E-state index in [1.54, 1.807) is 13.0 Å². The number of non-ortho nitro benzene ring substituents is 1. The van der Waals surface area contributed by atoms with Crippen LogP contribution in [0.1, 0.15) is 19.2 Å². The van der Waals surface area contributed by atoms with Crippen LogP contribution in [0.2, 0.25) is 0 Å². The zero-order valence-corrected chi connectivity index (χ0v) is 11.8. The van der Waals surface area contributed by atoms with E-state index in [0.717, 1.165) is 0 Å². The van der Waals surface area contributed by atoms with Crippen molar-refractivity contribution in [2.45, 2.75) is 26.4 Å². The molecule has 0 bridgehead atoms. The first-order valence-corrected chi connectivity index (χ1v) is 6.49. The lowest BCUT2D eigenvalue weighted by Crippen LogP contribution is -2.17. The van der Waals surface area contributed by atoms with Crippen LogP contribution in [-0.4, -0.2) is 37.5 Å². The maximum Gasteiger partial charge on any atom is 0.273 e. The Labute approximate surface area is 121 Å². The number of hydrogen-bond donors (Lipinski definition) is 1. The summed E-state index contributed by atoms with van der Waals surface area (Å²) in [6.45, 7) is 3.62. The van der Waals surface area contributed by atoms with Crippen LogP contribution in [0.15, 0.2) is 24.5 Å². The van der Waals surface area contributed by atoms with Crippen LogP contribution in [0.4, 0.5) is 5.69 Å². The minimum absolute atomic E-state index is 0.0539. The van der Waals surface area contributed by atoms with Crippen LogP contribution in [0.3, 0.4) is 0 Å². The molecule has 1 N–H and O–H groups in total. The maximum absolute atomic E-state index is 10.9. The number of aliphatic hydroxyl groups is 1. The average Bonchev–Trinajstić information content (AvgIpc) is 2.90. The van der Waals surface area contributed by atoms with Crippen LogP contribution in [0, 0.1) is 17.0 Å². The number of nitro groups is 1. The van der Waals surface area contributed by atoms with Gasteiger partial charge in [-0.05, 0) is 19.4 Å². The van der Waals surface area contributed by atoms with Crippen LogP contribution in [0.25, 0.3) is 5.69 Å². The van der Waals surface area contributed by atoms with Gasteiger partial charge in [-0.2, -0.15) is 5.10 Å². The summed E-state index contributed by atoms with van der Waals surface area (Å²) in [5, 5.41) is 24.6. The van der Waals surface area contributed by atoms with Gasteiger partial charge in [-0.15, -0.1) is 0 Å². The quantitative estimate of drug-likeness (QED) is 0.641. The number of nitro benzene ring substituents is 1. The molecule has 0 spiro atoms. The van der Waals surface area contributed by atoms with Crippen molar-refractivity contribution < 1.29 is 14.8 Å². The number of rotatable bonds is 6. The molecule has 2 rings (SSSR count). The third kappa shape index (κ3) is 3.54. The summed E-state index contributed by atoms with van der Waals surface area (Å²) < 4.78 is 6.98. The van der Waals surface area contributed by atoms with Gasteiger partial charge in [0.25, 0.3) is 5.69 Å². The molecule has 0 aliphatic heterocycles. The second kappa shape index (κ2) is 6.31. The minimum atomic E-state index is -0.630. The normalized spacial score (nSPS) is 12.1. The molecular weight excluding hydrogens is 276 g/mol. The maximum atomic E-state index is 10.9. The van der Waals surface area contributed by atoms with Gasteiger partial charge >= 0.3 is 0 Å². The molecule has 21 heavy (non-hydrogen) atoms. The van der Waals surface area contributed by atoms with E-state index in [2.05, 4.69) is 10.1 Å². The molecule has 0 saturated heterocycles. The highest BCUT2D eigenvalue weighted by Gasteiger charge is 2.15. The number of aryl methyl sites for hydroxylation is 1. The highest BCUT2D eigenvalue weighted by atomic mass is 16.6. The van der Waals surface area contributed by atoms with Gasteiger partial charge in [-0.25, -0.2) is 9.67 Å². The molecule has 0 fully saturated rings. The summed E-state index contributed by atoms with van der Waals surface area (Å²) in [4.78, 5) is 14.4. The fourth-order valence-electron chi connectivity index (χ4n) is 1.69. The second-order valence-electron chi connectivity index (χ2n) is 4.52. The predicted octanol–water partition coefficient (Wildman–Crippen LogP) is 1.63. The molecule has 0 radical (unpaired) electrons. The number of hydrogen-bond acceptors (Lipinski definition) is 6. The van der Waals surface area contributed by atoms with Gasteiger partial charge in [0.2, 0.25) is 0 Å². The number of ether oxygens (including phenoxy) is 1. The SMILES string of the molecule is CCC(O)COc1cc([N+](=O)[O-])ccc1-n1cnc(C)n1. The molecule has 0 saturated carbocycles. The van der Waals surface area contributed by atoms with E-state index in [4.69, 9.17) is 4.74 Å². The molecule has 0 aliphatic carbocycles. The number of aromatic nitrogens is 3. The molecule has 1 unspecified atom stereocenters. The Morgan fingerprint density at radius 3 is 2.86 bits per heavy atom. The summed E-state index contributed by atoms with van der Waals surface area (Å²) in [5.74, 6) is 0.856. The Morgan fingerprint density at radius 2 is 2.29 bits per heavy atom. The monoisotopic (exact) mass is 292 g/mol. The van der Waals surface area contributed by atoms with Crippen LogP contribution < -0.4 is 4.74 Å². The van der Waals surface area contributed by atoms with E-state index in [1.165, 1.54) is 23.1 Å². The fourth-order valence-corrected chi connectivity index (χ4v) is 1.69. The molecule has 1 heterocycles. The Balaban J connectivity index is 2.36. The summed E-state index contributed by atoms with van der Waals surface area (Å²) in [5.41, 5.74) is 0.445. The summed E-state index contributed by atoms with van der Waals surface area (Å²) >= 11 is 0. The van der Waals surface area contributed by atoms with Gasteiger partial charge < -0.3 is 9.84 Å². The van der Waals surface area contributed by atoms with Crippen molar-refractivity contribution in [3.05, 3.63) is 40.5 Å². The average molecular weight is 292 g/mol. The van der Waals surface area contributed by atoms with Gasteiger partial charge in [-0.1, -0.05) is 6.92 Å². The Kier molecular flexibility index (Phi) is 4.49. The van der Waals surface area contributed by atoms with Crippen molar-refractivity contribution in [1.82, 2.24) is 14.8 Å². The second-order valence-corrected chi connectivity index (χ2v) is 4.52. The van der Waals surface area contributed by atoms with E-state index >= 15 is 0 Å². The molecule has 1 atom stereocenters. The minimum Gasteiger partial charge on any atom is -0.488 e. The zero-order chi connectivity index (χ0) is 15.4. The first-order chi connectivity index (χ1) is 10.0. The van der Waals surface area contributed by atoms with Gasteiger partial charge in [0, 0.05) is 6.07 Å². The lowest BCUT2D eigenvalue weighted by molar-refractivity contribution is -0.384. The van der Waals surface area contributed by atoms with Crippen LogP contribution in [-0.2, 0) is 0 Å². The number of benzene rings is 1. The van der Waals surface area contributed by atoms with Crippen molar-refractivity contribution in [3.8, 4) is 11.4 Å². The van der Waals surface area contributed by atoms with Gasteiger partial charge in [-0.3, -0.25) is 10.1 Å². The Morgan fingerprint density at radius 1 is 1.52 bits per heavy atom. The fraction of sp³-hybridized carbons (Fsp3) is 0.385. The van der Waals surface area contributed by atoms with Crippen LogP contribution >= 0.6 is 0 Å². The lowest BCUT2D eigenvalue weighted by atomic mass is 10.2. The molecule has 112 valence electrons. The van der Waals surface area contributed by atoms with E-state index < -0.39 is 11.0 Å². The van der Waals surface area contributed by atoms with Crippen molar-refractivity contribution in [2.24, 2.45) is 0 Å². The third-order valence-electron chi connectivity index (χ3n) is 2.91. The first kappa shape index (κ1) is 14.9. The van der Waals surface area contributed by atoms with Crippen molar-refractivity contribution in [2.75, 3.05) is 6.61 Å². The number of nitrogens with zero attached hydrogens (tertiary/aromatic N) is 4. The molecular formula is C13H16N4O4. The lowest BCUT2D eigenvalue weighted by Gasteiger charge is -2.13. The summed E-state index contributed by atoms with van der Waals surface area (Å²) in [6.07, 6.45) is 1.40. The zero-order valence-electron chi connectivity index (χ0n) is 11.8. The largest absolute Gasteiger partial charge is 0.488 e. The first-order valence-electron chi connectivity index (χ1n) is 6.49. The van der Waals surface area contributed by atoms with Crippen molar-refractivity contribution in [1.29, 1.82) is 0 Å². The van der Waals surface area contributed by atoms with Crippen LogP contribution in [0.5, 0.6) is 5.75 Å². The smallest absolute Gasteiger partial charge is 0.273 e. The Bertz CT molecular complexity index is 641. The van der Waals surface area contributed by atoms with E-state index in [0.29, 0.717) is 17.9 Å². The highest BCUT2D eigenvalue weighted by molar-refractivity contribution is 5.52. The molecule has 1 aromatic heterocycles. The third-order valence-corrected chi connectivity index (χ3v) is 2.91. The van der Waals surface area contributed by atoms with E-state index in [1.807, 2.05) is 6.92 Å². The van der Waals surface area contributed by atoms with Crippen molar-refractivity contribution >= 4 is 5.69 Å². The van der Waals surface area contributed by atoms with Crippen molar-refractivity contribution in [3.63, 3.8) is 0 Å². The molecule has 8 nitrogen and oxygen atoms in total. The molecule has 2 aromatic rings. The number of aliphatic hydroxyl groups excluding tert-OH is 1. The standard InChI is InChI=1S/C13H16N4O4/c1-3-11(18)7-21-13-6-10(17(19)20)4-5-12(13)16-8-14-9(2)15-16/h4-6,8,11,18H,3,7H2,1-2H3. The summed E-state index contributed by atoms with van der Waals surface area (Å²) in [7, 11) is 0. The molecule has 1 aromatic carbocycles. The van der Waals surface area contributed by atoms with Gasteiger partial charge in [0.1, 0.15) is 24.4 Å². The van der Waals surface area contributed by atoms with Gasteiger partial charge in [0.15, 0.2) is 5.75 Å². The topological polar surface area (TPSA) is 103 Å². The van der Waals surface area contributed by atoms with E-state index in [9.17, 15) is 15.2 Å². The van der Waals surface area contributed by atoms with E-state index in [-0.39, 0.29) is 18.0 Å². The Hall–Kier alpha value is -2.48. The van der Waals surface area contributed by atoms with Gasteiger partial charge in [0.05, 0.1) is 17.1 Å². The molecule has 0 aliphatic rings.